The molecule has 22 heavy (non-hydrogen) atoms. The van der Waals surface area contributed by atoms with Gasteiger partial charge < -0.3 is 20.5 Å². The fourth-order valence-corrected chi connectivity index (χ4v) is 1.91. The summed E-state index contributed by atoms with van der Waals surface area (Å²) < 4.78 is 10.8. The Balaban J connectivity index is 1.88. The van der Waals surface area contributed by atoms with E-state index in [1.807, 2.05) is 19.9 Å². The number of carbonyl (C=O) groups excluding carboxylic acids is 1. The maximum Gasteiger partial charge on any atom is 0.262 e. The molecule has 0 saturated carbocycles. The molecule has 2 rings (SSSR count). The Morgan fingerprint density at radius 3 is 2.36 bits per heavy atom. The third-order valence-corrected chi connectivity index (χ3v) is 3.04. The number of hydrogen-bond acceptors (Lipinski definition) is 4. The number of nitrogens with two attached hydrogens (primary N) is 1. The number of ether oxygens (including phenoxy) is 2. The van der Waals surface area contributed by atoms with Crippen molar-refractivity contribution in [2.75, 3.05) is 24.3 Å². The molecule has 116 valence electrons. The summed E-state index contributed by atoms with van der Waals surface area (Å²) in [6.07, 6.45) is 0. The second kappa shape index (κ2) is 7.36. The standard InChI is InChI=1S/C17H20N2O3/c1-3-21-14-6-8-15(9-7-14)22-11-17(20)19-16-10-13(18)5-4-12(16)2/h4-10H,3,11,18H2,1-2H3,(H,19,20). The minimum atomic E-state index is -0.234. The molecule has 0 fully saturated rings. The lowest BCUT2D eigenvalue weighted by Crippen LogP contribution is -2.20. The second-order valence-corrected chi connectivity index (χ2v) is 4.82. The largest absolute Gasteiger partial charge is 0.494 e. The van der Waals surface area contributed by atoms with E-state index in [9.17, 15) is 4.79 Å². The molecule has 0 heterocycles. The zero-order valence-electron chi connectivity index (χ0n) is 12.8. The summed E-state index contributed by atoms with van der Waals surface area (Å²) in [5.41, 5.74) is 7.96. The third kappa shape index (κ3) is 4.41. The van der Waals surface area contributed by atoms with Gasteiger partial charge in [0, 0.05) is 11.4 Å². The molecule has 0 aromatic heterocycles. The molecule has 5 heteroatoms. The van der Waals surface area contributed by atoms with Crippen molar-refractivity contribution in [3.8, 4) is 11.5 Å². The van der Waals surface area contributed by atoms with Crippen molar-refractivity contribution in [3.05, 3.63) is 48.0 Å². The van der Waals surface area contributed by atoms with Crippen LogP contribution in [0.2, 0.25) is 0 Å². The third-order valence-electron chi connectivity index (χ3n) is 3.04. The lowest BCUT2D eigenvalue weighted by molar-refractivity contribution is -0.118. The molecule has 0 aliphatic carbocycles. The van der Waals surface area contributed by atoms with E-state index in [1.54, 1.807) is 36.4 Å². The van der Waals surface area contributed by atoms with Gasteiger partial charge in [-0.25, -0.2) is 0 Å². The van der Waals surface area contributed by atoms with Gasteiger partial charge in [-0.3, -0.25) is 4.79 Å². The van der Waals surface area contributed by atoms with E-state index < -0.39 is 0 Å². The molecule has 0 spiro atoms. The molecule has 0 atom stereocenters. The first-order valence-electron chi connectivity index (χ1n) is 7.10. The molecule has 2 aromatic rings. The lowest BCUT2D eigenvalue weighted by Gasteiger charge is -2.10. The van der Waals surface area contributed by atoms with Crippen LogP contribution in [0.15, 0.2) is 42.5 Å². The summed E-state index contributed by atoms with van der Waals surface area (Å²) in [6.45, 7) is 4.37. The van der Waals surface area contributed by atoms with E-state index in [0.29, 0.717) is 23.7 Å². The first-order chi connectivity index (χ1) is 10.6. The zero-order chi connectivity index (χ0) is 15.9. The average molecular weight is 300 g/mol. The van der Waals surface area contributed by atoms with Gasteiger partial charge >= 0.3 is 0 Å². The molecule has 3 N–H and O–H groups in total. The first-order valence-corrected chi connectivity index (χ1v) is 7.10. The summed E-state index contributed by atoms with van der Waals surface area (Å²) in [5, 5.41) is 2.78. The van der Waals surface area contributed by atoms with Gasteiger partial charge in [0.2, 0.25) is 0 Å². The van der Waals surface area contributed by atoms with Crippen molar-refractivity contribution < 1.29 is 14.3 Å². The predicted octanol–water partition coefficient (Wildman–Crippen LogP) is 2.99. The molecule has 0 aliphatic rings. The van der Waals surface area contributed by atoms with Crippen molar-refractivity contribution in [1.82, 2.24) is 0 Å². The summed E-state index contributed by atoms with van der Waals surface area (Å²) in [6, 6.07) is 12.5. The van der Waals surface area contributed by atoms with E-state index in [2.05, 4.69) is 5.32 Å². The Kier molecular flexibility index (Phi) is 5.25. The smallest absolute Gasteiger partial charge is 0.262 e. The average Bonchev–Trinajstić information content (AvgIpc) is 2.51. The van der Waals surface area contributed by atoms with E-state index >= 15 is 0 Å². The number of aryl methyl sites for hydroxylation is 1. The number of hydrogen-bond donors (Lipinski definition) is 2. The number of amides is 1. The number of nitrogen functional groups attached to an aromatic ring is 1. The van der Waals surface area contributed by atoms with Gasteiger partial charge in [0.25, 0.3) is 5.91 Å². The maximum absolute atomic E-state index is 11.9. The molecular weight excluding hydrogens is 280 g/mol. The molecule has 0 bridgehead atoms. The van der Waals surface area contributed by atoms with Crippen LogP contribution in [0.1, 0.15) is 12.5 Å². The van der Waals surface area contributed by atoms with Gasteiger partial charge in [-0.1, -0.05) is 6.07 Å². The highest BCUT2D eigenvalue weighted by molar-refractivity contribution is 5.93. The number of benzene rings is 2. The van der Waals surface area contributed by atoms with Crippen molar-refractivity contribution in [3.63, 3.8) is 0 Å². The molecule has 0 saturated heterocycles. The van der Waals surface area contributed by atoms with Crippen LogP contribution < -0.4 is 20.5 Å². The van der Waals surface area contributed by atoms with Crippen molar-refractivity contribution in [1.29, 1.82) is 0 Å². The van der Waals surface area contributed by atoms with Crippen molar-refractivity contribution in [2.24, 2.45) is 0 Å². The highest BCUT2D eigenvalue weighted by Crippen LogP contribution is 2.19. The van der Waals surface area contributed by atoms with Gasteiger partial charge in [0.1, 0.15) is 11.5 Å². The zero-order valence-corrected chi connectivity index (χ0v) is 12.8. The summed E-state index contributed by atoms with van der Waals surface area (Å²) in [5.74, 6) is 1.15. The normalized spacial score (nSPS) is 10.1. The minimum Gasteiger partial charge on any atom is -0.494 e. The van der Waals surface area contributed by atoms with Gasteiger partial charge in [-0.15, -0.1) is 0 Å². The van der Waals surface area contributed by atoms with Gasteiger partial charge in [-0.05, 0) is 55.8 Å². The molecule has 0 aliphatic heterocycles. The Hall–Kier alpha value is -2.69. The fraction of sp³-hybridized carbons (Fsp3) is 0.235. The molecule has 0 unspecified atom stereocenters. The Labute approximate surface area is 130 Å². The SMILES string of the molecule is CCOc1ccc(OCC(=O)Nc2cc(N)ccc2C)cc1. The number of rotatable bonds is 6. The Morgan fingerprint density at radius 1 is 1.09 bits per heavy atom. The minimum absolute atomic E-state index is 0.0672. The van der Waals surface area contributed by atoms with Crippen molar-refractivity contribution in [2.45, 2.75) is 13.8 Å². The second-order valence-electron chi connectivity index (χ2n) is 4.82. The van der Waals surface area contributed by atoms with Crippen LogP contribution in [-0.4, -0.2) is 19.1 Å². The highest BCUT2D eigenvalue weighted by Gasteiger charge is 2.06. The number of anilines is 2. The van der Waals surface area contributed by atoms with Crippen LogP contribution in [0.4, 0.5) is 11.4 Å². The number of nitrogens with one attached hydrogen (secondary N) is 1. The van der Waals surface area contributed by atoms with Crippen LogP contribution in [0.25, 0.3) is 0 Å². The summed E-state index contributed by atoms with van der Waals surface area (Å²) >= 11 is 0. The quantitative estimate of drug-likeness (QED) is 0.804. The van der Waals surface area contributed by atoms with E-state index in [0.717, 1.165) is 11.3 Å². The van der Waals surface area contributed by atoms with Gasteiger partial charge in [0.15, 0.2) is 6.61 Å². The van der Waals surface area contributed by atoms with Crippen LogP contribution >= 0.6 is 0 Å². The van der Waals surface area contributed by atoms with Crippen LogP contribution in [-0.2, 0) is 4.79 Å². The van der Waals surface area contributed by atoms with E-state index in [1.165, 1.54) is 0 Å². The summed E-state index contributed by atoms with van der Waals surface area (Å²) in [7, 11) is 0. The molecule has 1 amide bonds. The van der Waals surface area contributed by atoms with E-state index in [-0.39, 0.29) is 12.5 Å². The van der Waals surface area contributed by atoms with E-state index in [4.69, 9.17) is 15.2 Å². The molecular formula is C17H20N2O3. The van der Waals surface area contributed by atoms with Gasteiger partial charge in [0.05, 0.1) is 6.61 Å². The predicted molar refractivity (Wildman–Crippen MR) is 87.3 cm³/mol. The van der Waals surface area contributed by atoms with Gasteiger partial charge in [-0.2, -0.15) is 0 Å². The molecule has 2 aromatic carbocycles. The topological polar surface area (TPSA) is 73.6 Å². The fourth-order valence-electron chi connectivity index (χ4n) is 1.91. The maximum atomic E-state index is 11.9. The molecule has 5 nitrogen and oxygen atoms in total. The van der Waals surface area contributed by atoms with Crippen LogP contribution in [0.3, 0.4) is 0 Å². The lowest BCUT2D eigenvalue weighted by atomic mass is 10.2. The Morgan fingerprint density at radius 2 is 1.73 bits per heavy atom. The van der Waals surface area contributed by atoms with Crippen LogP contribution in [0, 0.1) is 6.92 Å². The Bertz CT molecular complexity index is 639. The van der Waals surface area contributed by atoms with Crippen molar-refractivity contribution >= 4 is 17.3 Å². The number of carbonyl (C=O) groups is 1. The van der Waals surface area contributed by atoms with Crippen LogP contribution in [0.5, 0.6) is 11.5 Å². The highest BCUT2D eigenvalue weighted by atomic mass is 16.5. The molecule has 0 radical (unpaired) electrons. The monoisotopic (exact) mass is 300 g/mol. The first kappa shape index (κ1) is 15.7. The summed E-state index contributed by atoms with van der Waals surface area (Å²) in [4.78, 5) is 11.9.